The molecular weight excluding hydrogens is 427 g/mol. The number of anilines is 1. The maximum atomic E-state index is 13.9. The first kappa shape index (κ1) is 20.7. The molecule has 0 aliphatic carbocycles. The molecule has 166 valence electrons. The molecule has 1 aliphatic rings. The van der Waals surface area contributed by atoms with E-state index in [0.29, 0.717) is 28.6 Å². The van der Waals surface area contributed by atoms with Crippen molar-refractivity contribution >= 4 is 22.7 Å². The predicted octanol–water partition coefficient (Wildman–Crippen LogP) is 4.40. The summed E-state index contributed by atoms with van der Waals surface area (Å²) in [5, 5.41) is 0.0612. The van der Waals surface area contributed by atoms with Crippen LogP contribution in [-0.2, 0) is 0 Å². The number of aryl methyl sites for hydroxylation is 1. The van der Waals surface area contributed by atoms with Crippen molar-refractivity contribution in [2.24, 2.45) is 0 Å². The molecule has 0 saturated heterocycles. The molecular formula is C25H19FN2O5. The monoisotopic (exact) mass is 446 g/mol. The number of nitrogens with zero attached hydrogens (tertiary/aromatic N) is 2. The van der Waals surface area contributed by atoms with Crippen LogP contribution in [-0.4, -0.2) is 25.1 Å². The van der Waals surface area contributed by atoms with Gasteiger partial charge >= 0.3 is 0 Å². The number of hydrogen-bond acceptors (Lipinski definition) is 6. The normalized spacial score (nSPS) is 15.1. The second-order valence-corrected chi connectivity index (χ2v) is 7.64. The Morgan fingerprint density at radius 1 is 1.00 bits per heavy atom. The summed E-state index contributed by atoms with van der Waals surface area (Å²) in [6.07, 6.45) is 0. The minimum atomic E-state index is -0.856. The molecule has 7 nitrogen and oxygen atoms in total. The predicted molar refractivity (Wildman–Crippen MR) is 120 cm³/mol. The van der Waals surface area contributed by atoms with Gasteiger partial charge in [-0.3, -0.25) is 14.5 Å². The van der Waals surface area contributed by atoms with Gasteiger partial charge in [-0.15, -0.1) is 0 Å². The number of rotatable bonds is 4. The maximum Gasteiger partial charge on any atom is 0.296 e. The van der Waals surface area contributed by atoms with E-state index in [1.165, 1.54) is 31.3 Å². The molecule has 0 saturated carbocycles. The number of pyridine rings is 1. The SMILES string of the molecule is COc1ccc([C@@H]2c3c(oc4ccc(F)cc4c3=O)C(=O)N2c2cccc(C)n2)cc1OC. The van der Waals surface area contributed by atoms with Gasteiger partial charge in [-0.1, -0.05) is 12.1 Å². The molecule has 2 aromatic heterocycles. The average molecular weight is 446 g/mol. The summed E-state index contributed by atoms with van der Waals surface area (Å²) in [6, 6.07) is 13.2. The number of fused-ring (bicyclic) bond motifs is 2. The van der Waals surface area contributed by atoms with Crippen LogP contribution in [0.4, 0.5) is 10.2 Å². The highest BCUT2D eigenvalue weighted by Crippen LogP contribution is 2.42. The van der Waals surface area contributed by atoms with E-state index in [4.69, 9.17) is 13.9 Å². The van der Waals surface area contributed by atoms with E-state index >= 15 is 0 Å². The topological polar surface area (TPSA) is 81.9 Å². The summed E-state index contributed by atoms with van der Waals surface area (Å²) >= 11 is 0. The fraction of sp³-hybridized carbons (Fsp3) is 0.160. The highest BCUT2D eigenvalue weighted by molar-refractivity contribution is 6.10. The minimum absolute atomic E-state index is 0.0612. The molecule has 1 amide bonds. The second kappa shape index (κ2) is 7.74. The zero-order valence-corrected chi connectivity index (χ0v) is 18.1. The van der Waals surface area contributed by atoms with Crippen molar-refractivity contribution in [1.29, 1.82) is 0 Å². The van der Waals surface area contributed by atoms with Crippen molar-refractivity contribution in [2.75, 3.05) is 19.1 Å². The Morgan fingerprint density at radius 3 is 2.52 bits per heavy atom. The largest absolute Gasteiger partial charge is 0.493 e. The fourth-order valence-electron chi connectivity index (χ4n) is 4.18. The third kappa shape index (κ3) is 3.22. The van der Waals surface area contributed by atoms with E-state index < -0.39 is 23.2 Å². The van der Waals surface area contributed by atoms with Crippen molar-refractivity contribution < 1.29 is 23.1 Å². The molecule has 0 fully saturated rings. The molecule has 0 spiro atoms. The van der Waals surface area contributed by atoms with Crippen molar-refractivity contribution in [2.45, 2.75) is 13.0 Å². The van der Waals surface area contributed by atoms with Crippen molar-refractivity contribution in [3.8, 4) is 11.5 Å². The number of amides is 1. The summed E-state index contributed by atoms with van der Waals surface area (Å²) in [5.41, 5.74) is 1.07. The van der Waals surface area contributed by atoms with Crippen LogP contribution in [0.25, 0.3) is 11.0 Å². The van der Waals surface area contributed by atoms with Gasteiger partial charge in [-0.25, -0.2) is 9.37 Å². The van der Waals surface area contributed by atoms with E-state index in [2.05, 4.69) is 4.98 Å². The van der Waals surface area contributed by atoms with Gasteiger partial charge in [0.2, 0.25) is 5.76 Å². The Balaban J connectivity index is 1.82. The van der Waals surface area contributed by atoms with Gasteiger partial charge < -0.3 is 13.9 Å². The second-order valence-electron chi connectivity index (χ2n) is 7.64. The van der Waals surface area contributed by atoms with Crippen LogP contribution in [0.3, 0.4) is 0 Å². The number of methoxy groups -OCH3 is 2. The Kier molecular flexibility index (Phi) is 4.85. The number of carbonyl (C=O) groups excluding carboxylic acids is 1. The zero-order valence-electron chi connectivity index (χ0n) is 18.1. The van der Waals surface area contributed by atoms with Gasteiger partial charge in [0, 0.05) is 5.69 Å². The Bertz CT molecular complexity index is 1480. The van der Waals surface area contributed by atoms with E-state index in [-0.39, 0.29) is 22.3 Å². The van der Waals surface area contributed by atoms with Crippen LogP contribution in [0, 0.1) is 12.7 Å². The molecule has 33 heavy (non-hydrogen) atoms. The van der Waals surface area contributed by atoms with E-state index in [9.17, 15) is 14.0 Å². The average Bonchev–Trinajstić information content (AvgIpc) is 3.11. The zero-order chi connectivity index (χ0) is 23.3. The van der Waals surface area contributed by atoms with Gasteiger partial charge in [-0.2, -0.15) is 0 Å². The summed E-state index contributed by atoms with van der Waals surface area (Å²) in [7, 11) is 3.02. The van der Waals surface area contributed by atoms with Crippen LogP contribution in [0.5, 0.6) is 11.5 Å². The molecule has 1 atom stereocenters. The van der Waals surface area contributed by atoms with Gasteiger partial charge in [0.25, 0.3) is 5.91 Å². The number of ether oxygens (including phenoxy) is 2. The van der Waals surface area contributed by atoms with E-state index in [0.717, 1.165) is 6.07 Å². The van der Waals surface area contributed by atoms with Gasteiger partial charge in [-0.05, 0) is 55.0 Å². The molecule has 1 aliphatic heterocycles. The quantitative estimate of drug-likeness (QED) is 0.462. The lowest BCUT2D eigenvalue weighted by atomic mass is 9.98. The molecule has 3 heterocycles. The summed E-state index contributed by atoms with van der Waals surface area (Å²) < 4.78 is 30.5. The summed E-state index contributed by atoms with van der Waals surface area (Å²) in [6.45, 7) is 1.81. The molecule has 0 N–H and O–H groups in total. The van der Waals surface area contributed by atoms with Gasteiger partial charge in [0.05, 0.1) is 31.2 Å². The molecule has 8 heteroatoms. The van der Waals surface area contributed by atoms with E-state index in [1.807, 2.05) is 13.0 Å². The first-order valence-corrected chi connectivity index (χ1v) is 10.2. The highest BCUT2D eigenvalue weighted by atomic mass is 19.1. The molecule has 0 unspecified atom stereocenters. The lowest BCUT2D eigenvalue weighted by Gasteiger charge is -2.25. The fourth-order valence-corrected chi connectivity index (χ4v) is 4.18. The van der Waals surface area contributed by atoms with Crippen molar-refractivity contribution in [3.63, 3.8) is 0 Å². The Labute approximate surface area is 188 Å². The maximum absolute atomic E-state index is 13.9. The third-order valence-corrected chi connectivity index (χ3v) is 5.68. The molecule has 2 aromatic carbocycles. The van der Waals surface area contributed by atoms with Crippen LogP contribution in [0.15, 0.2) is 63.8 Å². The lowest BCUT2D eigenvalue weighted by Crippen LogP contribution is -2.30. The number of benzene rings is 2. The first-order valence-electron chi connectivity index (χ1n) is 10.2. The van der Waals surface area contributed by atoms with Crippen molar-refractivity contribution in [1.82, 2.24) is 4.98 Å². The van der Waals surface area contributed by atoms with Crippen LogP contribution in [0.1, 0.15) is 33.4 Å². The van der Waals surface area contributed by atoms with Crippen molar-refractivity contribution in [3.05, 3.63) is 93.2 Å². The molecule has 4 aromatic rings. The summed E-state index contributed by atoms with van der Waals surface area (Å²) in [4.78, 5) is 33.0. The van der Waals surface area contributed by atoms with E-state index in [1.54, 1.807) is 30.3 Å². The lowest BCUT2D eigenvalue weighted by molar-refractivity contribution is 0.0970. The number of hydrogen-bond donors (Lipinski definition) is 0. The number of halogens is 1. The first-order chi connectivity index (χ1) is 15.9. The Hall–Kier alpha value is -4.20. The standard InChI is InChI=1S/C25H19FN2O5/c1-13-5-4-6-20(27-13)28-22(14-7-9-18(31-2)19(11-14)32-3)21-23(29)16-12-15(26)8-10-17(16)33-24(21)25(28)30/h4-12,22H,1-3H3/t22-/m1/s1. The van der Waals surface area contributed by atoms with Crippen LogP contribution in [0.2, 0.25) is 0 Å². The molecule has 5 rings (SSSR count). The number of aromatic nitrogens is 1. The van der Waals surface area contributed by atoms with Crippen LogP contribution < -0.4 is 19.8 Å². The van der Waals surface area contributed by atoms with Gasteiger partial charge in [0.1, 0.15) is 17.2 Å². The molecule has 0 bridgehead atoms. The summed E-state index contributed by atoms with van der Waals surface area (Å²) in [5.74, 6) is 0.121. The molecule has 0 radical (unpaired) electrons. The third-order valence-electron chi connectivity index (χ3n) is 5.68. The minimum Gasteiger partial charge on any atom is -0.493 e. The van der Waals surface area contributed by atoms with Crippen LogP contribution >= 0.6 is 0 Å². The number of carbonyl (C=O) groups is 1. The highest BCUT2D eigenvalue weighted by Gasteiger charge is 2.44. The smallest absolute Gasteiger partial charge is 0.296 e. The van der Waals surface area contributed by atoms with Gasteiger partial charge in [0.15, 0.2) is 16.9 Å². The Morgan fingerprint density at radius 2 is 1.79 bits per heavy atom.